The molecule has 4 heteroatoms. The molecule has 1 aromatic heterocycles. The molecule has 0 spiro atoms. The number of carbonyl (C=O) groups is 1. The number of halogens is 1. The summed E-state index contributed by atoms with van der Waals surface area (Å²) in [7, 11) is 2.06. The molecule has 0 N–H and O–H groups in total. The number of carbonyl (C=O) groups excluding carboxylic acids is 1. The average molecular weight is 338 g/mol. The minimum absolute atomic E-state index is 0.191. The van der Waals surface area contributed by atoms with E-state index in [1.165, 1.54) is 5.56 Å². The average Bonchev–Trinajstić information content (AvgIpc) is 2.83. The predicted octanol–water partition coefficient (Wildman–Crippen LogP) is 4.74. The van der Waals surface area contributed by atoms with Crippen LogP contribution in [0, 0.1) is 0 Å². The molecule has 0 fully saturated rings. The van der Waals surface area contributed by atoms with E-state index in [4.69, 9.17) is 0 Å². The van der Waals surface area contributed by atoms with Crippen molar-refractivity contribution in [2.24, 2.45) is 0 Å². The van der Waals surface area contributed by atoms with Gasteiger partial charge in [0.25, 0.3) is 0 Å². The van der Waals surface area contributed by atoms with Crippen molar-refractivity contribution in [1.29, 1.82) is 0 Å². The Morgan fingerprint density at radius 2 is 2.00 bits per heavy atom. The first-order chi connectivity index (χ1) is 9.10. The third-order valence-corrected chi connectivity index (χ3v) is 4.55. The van der Waals surface area contributed by atoms with Gasteiger partial charge in [-0.25, -0.2) is 0 Å². The van der Waals surface area contributed by atoms with Gasteiger partial charge in [-0.15, -0.1) is 11.3 Å². The van der Waals surface area contributed by atoms with Gasteiger partial charge in [0, 0.05) is 31.3 Å². The van der Waals surface area contributed by atoms with E-state index in [0.29, 0.717) is 6.42 Å². The van der Waals surface area contributed by atoms with Gasteiger partial charge in [-0.2, -0.15) is 0 Å². The number of hydrogen-bond acceptors (Lipinski definition) is 3. The van der Waals surface area contributed by atoms with Crippen LogP contribution in [-0.2, 0) is 6.54 Å². The summed E-state index contributed by atoms with van der Waals surface area (Å²) < 4.78 is 1.15. The molecule has 0 saturated heterocycles. The zero-order chi connectivity index (χ0) is 13.8. The summed E-state index contributed by atoms with van der Waals surface area (Å²) in [4.78, 5) is 13.7. The highest BCUT2D eigenvalue weighted by Gasteiger charge is 2.06. The molecule has 0 atom stereocenters. The molecule has 2 nitrogen and oxygen atoms in total. The van der Waals surface area contributed by atoms with Crippen LogP contribution in [0.4, 0.5) is 5.69 Å². The van der Waals surface area contributed by atoms with E-state index in [2.05, 4.69) is 39.3 Å². The number of anilines is 1. The van der Waals surface area contributed by atoms with Crippen molar-refractivity contribution in [2.45, 2.75) is 19.9 Å². The summed E-state index contributed by atoms with van der Waals surface area (Å²) in [6.45, 7) is 2.75. The fourth-order valence-electron chi connectivity index (χ4n) is 1.90. The van der Waals surface area contributed by atoms with Gasteiger partial charge in [0.15, 0.2) is 5.78 Å². The maximum atomic E-state index is 11.6. The van der Waals surface area contributed by atoms with Crippen LogP contribution in [0.3, 0.4) is 0 Å². The fraction of sp³-hybridized carbons (Fsp3) is 0.267. The molecule has 100 valence electrons. The second kappa shape index (κ2) is 6.35. The van der Waals surface area contributed by atoms with Gasteiger partial charge in [-0.05, 0) is 57.2 Å². The van der Waals surface area contributed by atoms with Crippen LogP contribution in [0.15, 0.2) is 39.5 Å². The van der Waals surface area contributed by atoms with E-state index >= 15 is 0 Å². The van der Waals surface area contributed by atoms with E-state index in [-0.39, 0.29) is 5.78 Å². The van der Waals surface area contributed by atoms with Crippen molar-refractivity contribution in [3.63, 3.8) is 0 Å². The van der Waals surface area contributed by atoms with Crippen LogP contribution in [0.2, 0.25) is 0 Å². The van der Waals surface area contributed by atoms with Gasteiger partial charge in [0.2, 0.25) is 0 Å². The van der Waals surface area contributed by atoms with E-state index in [0.717, 1.165) is 21.6 Å². The minimum atomic E-state index is 0.191. The zero-order valence-corrected chi connectivity index (χ0v) is 13.4. The molecule has 0 amide bonds. The van der Waals surface area contributed by atoms with Gasteiger partial charge in [-0.1, -0.05) is 6.92 Å². The Bertz CT molecular complexity index is 562. The third-order valence-electron chi connectivity index (χ3n) is 2.99. The molecule has 1 heterocycles. The molecule has 0 saturated carbocycles. The monoisotopic (exact) mass is 337 g/mol. The van der Waals surface area contributed by atoms with E-state index in [1.807, 2.05) is 31.2 Å². The summed E-state index contributed by atoms with van der Waals surface area (Å²) in [5.41, 5.74) is 3.20. The number of ketones is 1. The highest BCUT2D eigenvalue weighted by atomic mass is 79.9. The van der Waals surface area contributed by atoms with Gasteiger partial charge in [0.05, 0.1) is 3.79 Å². The predicted molar refractivity (Wildman–Crippen MR) is 85.2 cm³/mol. The van der Waals surface area contributed by atoms with Crippen molar-refractivity contribution in [1.82, 2.24) is 0 Å². The molecule has 0 aliphatic heterocycles. The maximum absolute atomic E-state index is 11.6. The Morgan fingerprint density at radius 1 is 1.32 bits per heavy atom. The molecular weight excluding hydrogens is 322 g/mol. The van der Waals surface area contributed by atoms with Crippen molar-refractivity contribution in [3.05, 3.63) is 50.6 Å². The van der Waals surface area contributed by atoms with Gasteiger partial charge in [-0.3, -0.25) is 4.79 Å². The van der Waals surface area contributed by atoms with Gasteiger partial charge < -0.3 is 4.90 Å². The highest BCUT2D eigenvalue weighted by Crippen LogP contribution is 2.23. The lowest BCUT2D eigenvalue weighted by molar-refractivity contribution is 0.0988. The molecular formula is C15H16BrNOS. The summed E-state index contributed by atoms with van der Waals surface area (Å²) in [5, 5.41) is 2.15. The van der Waals surface area contributed by atoms with Gasteiger partial charge >= 0.3 is 0 Å². The summed E-state index contributed by atoms with van der Waals surface area (Å²) >= 11 is 5.17. The molecule has 0 bridgehead atoms. The summed E-state index contributed by atoms with van der Waals surface area (Å²) in [6.07, 6.45) is 0.554. The largest absolute Gasteiger partial charge is 0.370 e. The van der Waals surface area contributed by atoms with Crippen molar-refractivity contribution < 1.29 is 4.79 Å². The Hall–Kier alpha value is -1.13. The lowest BCUT2D eigenvalue weighted by Gasteiger charge is -2.18. The Labute approximate surface area is 126 Å². The number of nitrogens with zero attached hydrogens (tertiary/aromatic N) is 1. The first-order valence-electron chi connectivity index (χ1n) is 6.17. The molecule has 0 aliphatic carbocycles. The topological polar surface area (TPSA) is 20.3 Å². The van der Waals surface area contributed by atoms with Crippen molar-refractivity contribution in [3.8, 4) is 0 Å². The molecule has 2 aromatic rings. The Kier molecular flexibility index (Phi) is 4.77. The number of rotatable bonds is 5. The smallest absolute Gasteiger partial charge is 0.162 e. The fourth-order valence-corrected chi connectivity index (χ4v) is 3.10. The van der Waals surface area contributed by atoms with Crippen LogP contribution < -0.4 is 4.90 Å². The van der Waals surface area contributed by atoms with Crippen molar-refractivity contribution >= 4 is 38.7 Å². The maximum Gasteiger partial charge on any atom is 0.162 e. The van der Waals surface area contributed by atoms with Gasteiger partial charge in [0.1, 0.15) is 0 Å². The quantitative estimate of drug-likeness (QED) is 0.734. The molecule has 2 rings (SSSR count). The standard InChI is InChI=1S/C15H16BrNOS/c1-3-14(18)12-4-6-13(7-5-12)17(2)9-11-8-15(16)19-10-11/h4-8,10H,3,9H2,1-2H3. The normalized spacial score (nSPS) is 10.5. The van der Waals surface area contributed by atoms with Crippen LogP contribution in [-0.4, -0.2) is 12.8 Å². The zero-order valence-electron chi connectivity index (χ0n) is 11.0. The first kappa shape index (κ1) is 14.3. The summed E-state index contributed by atoms with van der Waals surface area (Å²) in [6, 6.07) is 9.95. The molecule has 19 heavy (non-hydrogen) atoms. The lowest BCUT2D eigenvalue weighted by atomic mass is 10.1. The van der Waals surface area contributed by atoms with E-state index in [1.54, 1.807) is 11.3 Å². The summed E-state index contributed by atoms with van der Waals surface area (Å²) in [5.74, 6) is 0.191. The highest BCUT2D eigenvalue weighted by molar-refractivity contribution is 9.11. The third kappa shape index (κ3) is 3.67. The number of Topliss-reactive ketones (excluding diaryl/α,β-unsaturated/α-hetero) is 1. The lowest BCUT2D eigenvalue weighted by Crippen LogP contribution is -2.15. The van der Waals surface area contributed by atoms with E-state index in [9.17, 15) is 4.79 Å². The van der Waals surface area contributed by atoms with Crippen LogP contribution in [0.5, 0.6) is 0 Å². The molecule has 0 radical (unpaired) electrons. The second-order valence-corrected chi connectivity index (χ2v) is 6.73. The van der Waals surface area contributed by atoms with Crippen LogP contribution in [0.1, 0.15) is 29.3 Å². The number of thiophene rings is 1. The molecule has 1 aromatic carbocycles. The second-order valence-electron chi connectivity index (χ2n) is 4.44. The first-order valence-corrected chi connectivity index (χ1v) is 7.84. The molecule has 0 aliphatic rings. The Balaban J connectivity index is 2.07. The van der Waals surface area contributed by atoms with E-state index < -0.39 is 0 Å². The van der Waals surface area contributed by atoms with Crippen LogP contribution >= 0.6 is 27.3 Å². The number of benzene rings is 1. The SMILES string of the molecule is CCC(=O)c1ccc(N(C)Cc2csc(Br)c2)cc1. The Morgan fingerprint density at radius 3 is 2.53 bits per heavy atom. The van der Waals surface area contributed by atoms with Crippen LogP contribution in [0.25, 0.3) is 0 Å². The minimum Gasteiger partial charge on any atom is -0.370 e. The molecule has 0 unspecified atom stereocenters. The number of hydrogen-bond donors (Lipinski definition) is 0. The van der Waals surface area contributed by atoms with Crippen molar-refractivity contribution in [2.75, 3.05) is 11.9 Å².